The van der Waals surface area contributed by atoms with E-state index in [2.05, 4.69) is 19.9 Å². The molecule has 0 saturated heterocycles. The molecule has 0 fully saturated rings. The van der Waals surface area contributed by atoms with Gasteiger partial charge in [0.1, 0.15) is 11.4 Å². The van der Waals surface area contributed by atoms with Crippen LogP contribution >= 0.6 is 0 Å². The molecule has 0 unspecified atom stereocenters. The van der Waals surface area contributed by atoms with Gasteiger partial charge in [0, 0.05) is 0 Å². The molecule has 0 saturated carbocycles. The van der Waals surface area contributed by atoms with Gasteiger partial charge in [0.15, 0.2) is 0 Å². The lowest BCUT2D eigenvalue weighted by molar-refractivity contribution is 0.0206. The fourth-order valence-corrected chi connectivity index (χ4v) is 1.51. The van der Waals surface area contributed by atoms with Crippen molar-refractivity contribution in [1.82, 2.24) is 0 Å². The summed E-state index contributed by atoms with van der Waals surface area (Å²) < 4.78 is 10.2. The molecule has 0 aliphatic rings. The third-order valence-electron chi connectivity index (χ3n) is 2.06. The van der Waals surface area contributed by atoms with Gasteiger partial charge in [0.25, 0.3) is 0 Å². The normalized spacial score (nSPS) is 11.4. The van der Waals surface area contributed by atoms with Gasteiger partial charge < -0.3 is 9.47 Å². The van der Waals surface area contributed by atoms with Gasteiger partial charge in [-0.25, -0.2) is 4.79 Å². The molecule has 1 rings (SSSR count). The predicted molar refractivity (Wildman–Crippen MR) is 70.7 cm³/mol. The summed E-state index contributed by atoms with van der Waals surface area (Å²) >= 11 is 0. The van der Waals surface area contributed by atoms with Gasteiger partial charge in [0.2, 0.25) is 0 Å². The minimum absolute atomic E-state index is 0.474. The van der Waals surface area contributed by atoms with Gasteiger partial charge in [-0.1, -0.05) is 19.9 Å². The van der Waals surface area contributed by atoms with Crippen LogP contribution in [0.1, 0.15) is 40.2 Å². The van der Waals surface area contributed by atoms with Gasteiger partial charge in [-0.15, -0.1) is 0 Å². The largest absolute Gasteiger partial charge is 0.514 e. The number of carbonyl (C=O) groups is 1. The van der Waals surface area contributed by atoms with Crippen LogP contribution in [-0.2, 0) is 11.2 Å². The van der Waals surface area contributed by atoms with Crippen LogP contribution < -0.4 is 4.74 Å². The van der Waals surface area contributed by atoms with Crippen molar-refractivity contribution in [3.63, 3.8) is 0 Å². The van der Waals surface area contributed by atoms with Gasteiger partial charge in [-0.2, -0.15) is 0 Å². The Bertz CT molecular complexity index is 402. The fraction of sp³-hybridized carbons (Fsp3) is 0.533. The molecule has 0 aromatic heterocycles. The Morgan fingerprint density at radius 2 is 2.00 bits per heavy atom. The molecule has 0 heterocycles. The quantitative estimate of drug-likeness (QED) is 0.600. The lowest BCUT2D eigenvalue weighted by Gasteiger charge is -2.18. The van der Waals surface area contributed by atoms with Crippen molar-refractivity contribution in [2.24, 2.45) is 5.92 Å². The van der Waals surface area contributed by atoms with E-state index in [0.29, 0.717) is 11.7 Å². The smallest absolute Gasteiger partial charge is 0.428 e. The minimum Gasteiger partial charge on any atom is -0.428 e. The van der Waals surface area contributed by atoms with Crippen molar-refractivity contribution in [2.75, 3.05) is 0 Å². The van der Waals surface area contributed by atoms with Crippen molar-refractivity contribution in [3.8, 4) is 5.75 Å². The molecule has 0 bridgehead atoms. The molecular weight excluding hydrogens is 228 g/mol. The highest BCUT2D eigenvalue weighted by molar-refractivity contribution is 5.64. The zero-order valence-electron chi connectivity index (χ0n) is 11.7. The molecule has 0 atom stereocenters. The molecule has 0 N–H and O–H groups in total. The maximum atomic E-state index is 11.5. The van der Waals surface area contributed by atoms with Crippen molar-refractivity contribution < 1.29 is 14.3 Å². The lowest BCUT2D eigenvalue weighted by atomic mass is 10.0. The Morgan fingerprint density at radius 1 is 1.33 bits per heavy atom. The molecule has 3 nitrogen and oxygen atoms in total. The van der Waals surface area contributed by atoms with Crippen LogP contribution in [0.25, 0.3) is 0 Å². The van der Waals surface area contributed by atoms with E-state index in [9.17, 15) is 4.79 Å². The fourth-order valence-electron chi connectivity index (χ4n) is 1.51. The Balaban J connectivity index is 2.65. The zero-order chi connectivity index (χ0) is 13.8. The average molecular weight is 249 g/mol. The number of benzene rings is 1. The number of hydrogen-bond donors (Lipinski definition) is 0. The van der Waals surface area contributed by atoms with Crippen LogP contribution in [0.2, 0.25) is 0 Å². The van der Waals surface area contributed by atoms with E-state index in [1.807, 2.05) is 12.1 Å². The highest BCUT2D eigenvalue weighted by Gasteiger charge is 2.18. The number of rotatable bonds is 3. The minimum atomic E-state index is -0.683. The molecule has 1 aromatic rings. The van der Waals surface area contributed by atoms with E-state index in [1.165, 1.54) is 0 Å². The zero-order valence-corrected chi connectivity index (χ0v) is 11.7. The Morgan fingerprint density at radius 3 is 2.56 bits per heavy atom. The highest BCUT2D eigenvalue weighted by Crippen LogP contribution is 2.17. The molecule has 99 valence electrons. The molecule has 0 aliphatic heterocycles. The molecular formula is C15H21O3. The van der Waals surface area contributed by atoms with Gasteiger partial charge in [-0.3, -0.25) is 0 Å². The first-order valence-corrected chi connectivity index (χ1v) is 6.17. The summed E-state index contributed by atoms with van der Waals surface area (Å²) in [5, 5.41) is 0. The highest BCUT2D eigenvalue weighted by atomic mass is 16.7. The number of ether oxygens (including phenoxy) is 2. The SMILES string of the molecule is CC(C)Cc1c[c]cc(OC(=O)OC(C)(C)C)c1. The second-order valence-corrected chi connectivity index (χ2v) is 5.74. The topological polar surface area (TPSA) is 35.5 Å². The van der Waals surface area contributed by atoms with Gasteiger partial charge in [0.05, 0.1) is 0 Å². The standard InChI is InChI=1S/C15H21O3/c1-11(2)9-12-7-6-8-13(10-12)17-14(16)18-15(3,4)5/h7-8,10-11H,9H2,1-5H3. The van der Waals surface area contributed by atoms with E-state index in [4.69, 9.17) is 9.47 Å². The van der Waals surface area contributed by atoms with Gasteiger partial charge in [-0.05, 0) is 56.9 Å². The van der Waals surface area contributed by atoms with E-state index in [-0.39, 0.29) is 0 Å². The van der Waals surface area contributed by atoms with E-state index >= 15 is 0 Å². The van der Waals surface area contributed by atoms with E-state index < -0.39 is 11.8 Å². The van der Waals surface area contributed by atoms with E-state index in [1.54, 1.807) is 26.8 Å². The van der Waals surface area contributed by atoms with Crippen molar-refractivity contribution in [2.45, 2.75) is 46.6 Å². The van der Waals surface area contributed by atoms with Crippen LogP contribution in [0.4, 0.5) is 4.79 Å². The second-order valence-electron chi connectivity index (χ2n) is 5.74. The maximum Gasteiger partial charge on any atom is 0.514 e. The van der Waals surface area contributed by atoms with Crippen molar-refractivity contribution in [3.05, 3.63) is 29.8 Å². The molecule has 0 amide bonds. The number of carbonyl (C=O) groups excluding carboxylic acids is 1. The Kier molecular flexibility index (Phi) is 4.76. The van der Waals surface area contributed by atoms with Crippen molar-refractivity contribution in [1.29, 1.82) is 0 Å². The third-order valence-corrected chi connectivity index (χ3v) is 2.06. The summed E-state index contributed by atoms with van der Waals surface area (Å²) in [6.45, 7) is 9.68. The van der Waals surface area contributed by atoms with Gasteiger partial charge >= 0.3 is 6.16 Å². The van der Waals surface area contributed by atoms with Crippen LogP contribution in [-0.4, -0.2) is 11.8 Å². The number of hydrogen-bond acceptors (Lipinski definition) is 3. The van der Waals surface area contributed by atoms with Crippen LogP contribution in [0.3, 0.4) is 0 Å². The molecule has 1 radical (unpaired) electrons. The Hall–Kier alpha value is -1.51. The first kappa shape index (κ1) is 14.6. The molecule has 1 aromatic carbocycles. The molecule has 0 spiro atoms. The average Bonchev–Trinajstić information content (AvgIpc) is 2.13. The Labute approximate surface area is 109 Å². The predicted octanol–water partition coefficient (Wildman–Crippen LogP) is 4.00. The summed E-state index contributed by atoms with van der Waals surface area (Å²) in [6.07, 6.45) is 0.250. The molecule has 18 heavy (non-hydrogen) atoms. The first-order chi connectivity index (χ1) is 8.26. The lowest BCUT2D eigenvalue weighted by Crippen LogP contribution is -2.26. The van der Waals surface area contributed by atoms with E-state index in [0.717, 1.165) is 12.0 Å². The second kappa shape index (κ2) is 5.89. The summed E-state index contributed by atoms with van der Waals surface area (Å²) in [6, 6.07) is 8.36. The third kappa shape index (κ3) is 5.71. The summed E-state index contributed by atoms with van der Waals surface area (Å²) in [5.41, 5.74) is 0.558. The van der Waals surface area contributed by atoms with Crippen LogP contribution in [0.5, 0.6) is 5.75 Å². The molecule has 0 aliphatic carbocycles. The van der Waals surface area contributed by atoms with Crippen LogP contribution in [0.15, 0.2) is 18.2 Å². The summed E-state index contributed by atoms with van der Waals surface area (Å²) in [4.78, 5) is 11.5. The summed E-state index contributed by atoms with van der Waals surface area (Å²) in [5.74, 6) is 1.03. The van der Waals surface area contributed by atoms with Crippen molar-refractivity contribution >= 4 is 6.16 Å². The van der Waals surface area contributed by atoms with Crippen LogP contribution in [0, 0.1) is 12.0 Å². The maximum absolute atomic E-state index is 11.5. The monoisotopic (exact) mass is 249 g/mol. The molecule has 3 heteroatoms. The summed E-state index contributed by atoms with van der Waals surface area (Å²) in [7, 11) is 0. The first-order valence-electron chi connectivity index (χ1n) is 6.17.